The first-order valence-corrected chi connectivity index (χ1v) is 8.68. The van der Waals surface area contributed by atoms with E-state index in [0.717, 1.165) is 0 Å². The number of rotatable bonds is 5. The van der Waals surface area contributed by atoms with Gasteiger partial charge in [-0.1, -0.05) is 0 Å². The minimum atomic E-state index is -0.795. The second-order valence-corrected chi connectivity index (χ2v) is 6.24. The van der Waals surface area contributed by atoms with Crippen LogP contribution in [0.3, 0.4) is 0 Å². The van der Waals surface area contributed by atoms with Crippen molar-refractivity contribution in [3.05, 3.63) is 41.3 Å². The highest BCUT2D eigenvalue weighted by molar-refractivity contribution is 6.39. The Bertz CT molecular complexity index is 845. The molecule has 1 aliphatic rings. The molecule has 144 valence electrons. The van der Waals surface area contributed by atoms with Crippen molar-refractivity contribution in [2.45, 2.75) is 26.4 Å². The first-order valence-electron chi connectivity index (χ1n) is 8.68. The number of nitrogens with one attached hydrogen (secondary N) is 2. The highest BCUT2D eigenvalue weighted by atomic mass is 16.6. The Kier molecular flexibility index (Phi) is 5.66. The van der Waals surface area contributed by atoms with Crippen molar-refractivity contribution < 1.29 is 28.6 Å². The molecule has 8 heteroatoms. The van der Waals surface area contributed by atoms with E-state index in [1.807, 2.05) is 0 Å². The first-order chi connectivity index (χ1) is 12.9. The predicted octanol–water partition coefficient (Wildman–Crippen LogP) is 1.85. The molecule has 0 radical (unpaired) electrons. The second-order valence-electron chi connectivity index (χ2n) is 6.24. The fourth-order valence-corrected chi connectivity index (χ4v) is 2.85. The van der Waals surface area contributed by atoms with Gasteiger partial charge in [-0.15, -0.1) is 0 Å². The van der Waals surface area contributed by atoms with Crippen molar-refractivity contribution >= 4 is 17.5 Å². The molecule has 3 rings (SSSR count). The Morgan fingerprint density at radius 2 is 1.85 bits per heavy atom. The van der Waals surface area contributed by atoms with Crippen LogP contribution in [0.15, 0.2) is 28.7 Å². The average Bonchev–Trinajstić information content (AvgIpc) is 2.99. The third-order valence-corrected chi connectivity index (χ3v) is 4.15. The van der Waals surface area contributed by atoms with Crippen molar-refractivity contribution in [1.29, 1.82) is 0 Å². The molecule has 0 aliphatic carbocycles. The van der Waals surface area contributed by atoms with Gasteiger partial charge in [-0.25, -0.2) is 0 Å². The second kappa shape index (κ2) is 8.13. The van der Waals surface area contributed by atoms with Crippen LogP contribution in [-0.2, 0) is 9.59 Å². The van der Waals surface area contributed by atoms with Gasteiger partial charge in [0.1, 0.15) is 24.7 Å². The maximum atomic E-state index is 12.0. The van der Waals surface area contributed by atoms with E-state index in [1.165, 1.54) is 0 Å². The summed E-state index contributed by atoms with van der Waals surface area (Å²) < 4.78 is 16.2. The van der Waals surface area contributed by atoms with Crippen LogP contribution in [0.1, 0.15) is 29.6 Å². The number of hydrogen-bond acceptors (Lipinski definition) is 6. The average molecular weight is 374 g/mol. The zero-order valence-corrected chi connectivity index (χ0v) is 15.2. The monoisotopic (exact) mass is 374 g/mol. The molecule has 1 atom stereocenters. The number of carbonyl (C=O) groups excluding carboxylic acids is 2. The van der Waals surface area contributed by atoms with E-state index >= 15 is 0 Å². The number of furan rings is 1. The molecule has 1 aromatic heterocycles. The summed E-state index contributed by atoms with van der Waals surface area (Å²) in [6.45, 7) is 4.63. The summed E-state index contributed by atoms with van der Waals surface area (Å²) in [5.74, 6) is 0.900. The number of anilines is 1. The van der Waals surface area contributed by atoms with E-state index in [2.05, 4.69) is 10.6 Å². The van der Waals surface area contributed by atoms with Crippen LogP contribution < -0.4 is 20.1 Å². The lowest BCUT2D eigenvalue weighted by molar-refractivity contribution is -0.136. The standard InChI is InChI=1S/C19H22N2O6/c1-11-9-14(12(2)27-11)15(22)5-6-20-18(23)19(24)21-13-3-4-16-17(10-13)26-8-7-25-16/h3-4,9-10,15,22H,5-8H2,1-2H3,(H,20,23)(H,21,24). The summed E-state index contributed by atoms with van der Waals surface area (Å²) in [4.78, 5) is 24.0. The van der Waals surface area contributed by atoms with E-state index in [4.69, 9.17) is 13.9 Å². The van der Waals surface area contributed by atoms with E-state index < -0.39 is 17.9 Å². The van der Waals surface area contributed by atoms with Gasteiger partial charge < -0.3 is 29.6 Å². The van der Waals surface area contributed by atoms with Crippen molar-refractivity contribution in [2.75, 3.05) is 25.1 Å². The van der Waals surface area contributed by atoms with Gasteiger partial charge in [-0.2, -0.15) is 0 Å². The molecule has 0 spiro atoms. The van der Waals surface area contributed by atoms with Gasteiger partial charge in [0, 0.05) is 23.9 Å². The summed E-state index contributed by atoms with van der Waals surface area (Å²) in [7, 11) is 0. The maximum absolute atomic E-state index is 12.0. The van der Waals surface area contributed by atoms with Crippen molar-refractivity contribution in [1.82, 2.24) is 5.32 Å². The Morgan fingerprint density at radius 1 is 1.11 bits per heavy atom. The molecule has 0 saturated carbocycles. The lowest BCUT2D eigenvalue weighted by atomic mass is 10.1. The van der Waals surface area contributed by atoms with Crippen LogP contribution in [-0.4, -0.2) is 36.7 Å². The number of hydrogen-bond donors (Lipinski definition) is 3. The molecule has 1 aromatic carbocycles. The quantitative estimate of drug-likeness (QED) is 0.689. The van der Waals surface area contributed by atoms with Gasteiger partial charge in [0.25, 0.3) is 0 Å². The smallest absolute Gasteiger partial charge is 0.313 e. The van der Waals surface area contributed by atoms with Gasteiger partial charge in [0.05, 0.1) is 6.10 Å². The summed E-state index contributed by atoms with van der Waals surface area (Å²) in [5, 5.41) is 15.2. The number of aliphatic hydroxyl groups excluding tert-OH is 1. The number of aliphatic hydroxyl groups is 1. The van der Waals surface area contributed by atoms with Gasteiger partial charge in [-0.05, 0) is 38.5 Å². The molecular weight excluding hydrogens is 352 g/mol. The molecule has 0 fully saturated rings. The van der Waals surface area contributed by atoms with Crippen LogP contribution in [0.4, 0.5) is 5.69 Å². The predicted molar refractivity (Wildman–Crippen MR) is 96.8 cm³/mol. The van der Waals surface area contributed by atoms with Gasteiger partial charge in [0.2, 0.25) is 0 Å². The van der Waals surface area contributed by atoms with Crippen LogP contribution in [0.25, 0.3) is 0 Å². The molecule has 0 saturated heterocycles. The minimum Gasteiger partial charge on any atom is -0.486 e. The number of benzene rings is 1. The summed E-state index contributed by atoms with van der Waals surface area (Å²) in [6, 6.07) is 6.67. The molecule has 1 aliphatic heterocycles. The van der Waals surface area contributed by atoms with E-state index in [0.29, 0.717) is 47.5 Å². The van der Waals surface area contributed by atoms with E-state index in [1.54, 1.807) is 38.1 Å². The zero-order valence-electron chi connectivity index (χ0n) is 15.2. The molecule has 0 bridgehead atoms. The molecule has 2 aromatic rings. The zero-order chi connectivity index (χ0) is 19.4. The summed E-state index contributed by atoms with van der Waals surface area (Å²) >= 11 is 0. The highest BCUT2D eigenvalue weighted by Gasteiger charge is 2.18. The highest BCUT2D eigenvalue weighted by Crippen LogP contribution is 2.32. The molecule has 27 heavy (non-hydrogen) atoms. The third-order valence-electron chi connectivity index (χ3n) is 4.15. The normalized spacial score (nSPS) is 13.7. The van der Waals surface area contributed by atoms with Crippen LogP contribution in [0.5, 0.6) is 11.5 Å². The van der Waals surface area contributed by atoms with Crippen LogP contribution >= 0.6 is 0 Å². The van der Waals surface area contributed by atoms with Gasteiger partial charge in [-0.3, -0.25) is 9.59 Å². The number of ether oxygens (including phenoxy) is 2. The third kappa shape index (κ3) is 4.59. The SMILES string of the molecule is Cc1cc(C(O)CCNC(=O)C(=O)Nc2ccc3c(c2)OCCO3)c(C)o1. The fraction of sp³-hybridized carbons (Fsp3) is 0.368. The molecule has 3 N–H and O–H groups in total. The fourth-order valence-electron chi connectivity index (χ4n) is 2.85. The minimum absolute atomic E-state index is 0.151. The lowest BCUT2D eigenvalue weighted by Crippen LogP contribution is -2.36. The molecule has 2 heterocycles. The number of fused-ring (bicyclic) bond motifs is 1. The van der Waals surface area contributed by atoms with Crippen molar-refractivity contribution in [3.8, 4) is 11.5 Å². The van der Waals surface area contributed by atoms with Gasteiger partial charge >= 0.3 is 11.8 Å². The summed E-state index contributed by atoms with van der Waals surface area (Å²) in [6.07, 6.45) is -0.508. The largest absolute Gasteiger partial charge is 0.486 e. The Hall–Kier alpha value is -3.00. The van der Waals surface area contributed by atoms with Crippen LogP contribution in [0, 0.1) is 13.8 Å². The Labute approximate surface area is 156 Å². The molecular formula is C19H22N2O6. The molecule has 8 nitrogen and oxygen atoms in total. The topological polar surface area (TPSA) is 110 Å². The molecule has 2 amide bonds. The lowest BCUT2D eigenvalue weighted by Gasteiger charge is -2.19. The van der Waals surface area contributed by atoms with Gasteiger partial charge in [0.15, 0.2) is 11.5 Å². The maximum Gasteiger partial charge on any atom is 0.313 e. The number of carbonyl (C=O) groups is 2. The van der Waals surface area contributed by atoms with E-state index in [9.17, 15) is 14.7 Å². The van der Waals surface area contributed by atoms with Crippen LogP contribution in [0.2, 0.25) is 0 Å². The number of aryl methyl sites for hydroxylation is 2. The Balaban J connectivity index is 1.48. The number of amides is 2. The summed E-state index contributed by atoms with van der Waals surface area (Å²) in [5.41, 5.74) is 1.12. The van der Waals surface area contributed by atoms with E-state index in [-0.39, 0.29) is 13.0 Å². The van der Waals surface area contributed by atoms with Crippen molar-refractivity contribution in [3.63, 3.8) is 0 Å². The molecule has 1 unspecified atom stereocenters. The Morgan fingerprint density at radius 3 is 2.56 bits per heavy atom. The first kappa shape index (κ1) is 18.8. The van der Waals surface area contributed by atoms with Crippen molar-refractivity contribution in [2.24, 2.45) is 0 Å².